The van der Waals surface area contributed by atoms with Gasteiger partial charge < -0.3 is 15.6 Å². The zero-order chi connectivity index (χ0) is 20.9. The number of aromatic amines is 1. The first-order valence-electron chi connectivity index (χ1n) is 8.38. The molecule has 0 fully saturated rings. The summed E-state index contributed by atoms with van der Waals surface area (Å²) in [6.45, 7) is 0. The highest BCUT2D eigenvalue weighted by atomic mass is 35.5. The quantitative estimate of drug-likeness (QED) is 0.532. The molecule has 0 radical (unpaired) electrons. The van der Waals surface area contributed by atoms with Gasteiger partial charge in [-0.25, -0.2) is 0 Å². The molecule has 1 aliphatic rings. The number of rotatable bonds is 3. The zero-order valence-electron chi connectivity index (χ0n) is 14.4. The number of hydrogen-bond acceptors (Lipinski definition) is 3. The lowest BCUT2D eigenvalue weighted by molar-refractivity contribution is -0.174. The summed E-state index contributed by atoms with van der Waals surface area (Å²) < 4.78 is 39.4. The summed E-state index contributed by atoms with van der Waals surface area (Å²) in [5, 5.41) is 5.01. The first-order valence-corrected chi connectivity index (χ1v) is 9.95. The maximum absolute atomic E-state index is 12.8. The van der Waals surface area contributed by atoms with E-state index in [0.717, 1.165) is 5.56 Å². The SMILES string of the molecule is O=C(N[C@@H]1Cc2ccccc2[C@H]1NC(=O)C(F)(F)F)c1cc2sc(Cl)c(Cl)c2[nH]1. The van der Waals surface area contributed by atoms with Crippen LogP contribution in [-0.2, 0) is 11.2 Å². The molecule has 0 unspecified atom stereocenters. The molecule has 0 saturated heterocycles. The number of aromatic nitrogens is 1. The van der Waals surface area contributed by atoms with Gasteiger partial charge in [0.15, 0.2) is 0 Å². The van der Waals surface area contributed by atoms with Crippen molar-refractivity contribution in [3.05, 3.63) is 56.5 Å². The minimum atomic E-state index is -5.02. The highest BCUT2D eigenvalue weighted by molar-refractivity contribution is 7.23. The van der Waals surface area contributed by atoms with E-state index in [1.54, 1.807) is 30.3 Å². The maximum Gasteiger partial charge on any atom is 0.471 e. The average molecular weight is 462 g/mol. The molecular weight excluding hydrogens is 450 g/mol. The fourth-order valence-electron chi connectivity index (χ4n) is 3.42. The third-order valence-electron chi connectivity index (χ3n) is 4.71. The molecule has 2 amide bonds. The lowest BCUT2D eigenvalue weighted by Crippen LogP contribution is -2.47. The molecule has 11 heteroatoms. The minimum absolute atomic E-state index is 0.196. The summed E-state index contributed by atoms with van der Waals surface area (Å²) >= 11 is 13.2. The third kappa shape index (κ3) is 3.70. The van der Waals surface area contributed by atoms with E-state index in [4.69, 9.17) is 23.2 Å². The first kappa shape index (κ1) is 20.1. The van der Waals surface area contributed by atoms with Gasteiger partial charge in [-0.2, -0.15) is 13.2 Å². The van der Waals surface area contributed by atoms with Crippen LogP contribution < -0.4 is 10.6 Å². The van der Waals surface area contributed by atoms with E-state index in [0.29, 0.717) is 25.1 Å². The Morgan fingerprint density at radius 1 is 1.17 bits per heavy atom. The molecule has 5 nitrogen and oxygen atoms in total. The van der Waals surface area contributed by atoms with Gasteiger partial charge in [-0.1, -0.05) is 47.5 Å². The number of alkyl halides is 3. The van der Waals surface area contributed by atoms with Crippen molar-refractivity contribution >= 4 is 56.6 Å². The van der Waals surface area contributed by atoms with Crippen molar-refractivity contribution in [3.8, 4) is 0 Å². The zero-order valence-corrected chi connectivity index (χ0v) is 16.7. The number of hydrogen-bond donors (Lipinski definition) is 3. The van der Waals surface area contributed by atoms with Crippen LogP contribution in [0.5, 0.6) is 0 Å². The molecule has 2 atom stereocenters. The molecule has 3 N–H and O–H groups in total. The molecule has 152 valence electrons. The minimum Gasteiger partial charge on any atom is -0.349 e. The Morgan fingerprint density at radius 3 is 2.59 bits per heavy atom. The molecule has 2 heterocycles. The van der Waals surface area contributed by atoms with Gasteiger partial charge in [0, 0.05) is 0 Å². The molecule has 29 heavy (non-hydrogen) atoms. The second-order valence-electron chi connectivity index (χ2n) is 6.54. The Morgan fingerprint density at radius 2 is 1.90 bits per heavy atom. The fraction of sp³-hybridized carbons (Fsp3) is 0.222. The summed E-state index contributed by atoms with van der Waals surface area (Å²) in [6, 6.07) is 6.62. The highest BCUT2D eigenvalue weighted by Crippen LogP contribution is 2.39. The topological polar surface area (TPSA) is 74.0 Å². The number of carbonyl (C=O) groups excluding carboxylic acids is 2. The van der Waals surface area contributed by atoms with E-state index in [1.165, 1.54) is 11.3 Å². The van der Waals surface area contributed by atoms with Crippen LogP contribution >= 0.6 is 34.5 Å². The van der Waals surface area contributed by atoms with Crippen molar-refractivity contribution in [1.29, 1.82) is 0 Å². The number of nitrogens with one attached hydrogen (secondary N) is 3. The molecule has 0 saturated carbocycles. The highest BCUT2D eigenvalue weighted by Gasteiger charge is 2.43. The van der Waals surface area contributed by atoms with Gasteiger partial charge in [-0.05, 0) is 23.6 Å². The Kier molecular flexibility index (Phi) is 5.00. The van der Waals surface area contributed by atoms with Crippen LogP contribution in [-0.4, -0.2) is 29.0 Å². The number of benzene rings is 1. The molecule has 1 aliphatic carbocycles. The molecule has 0 bridgehead atoms. The van der Waals surface area contributed by atoms with E-state index in [9.17, 15) is 22.8 Å². The predicted octanol–water partition coefficient (Wildman–Crippen LogP) is 4.61. The van der Waals surface area contributed by atoms with Gasteiger partial charge in [-0.3, -0.25) is 9.59 Å². The van der Waals surface area contributed by atoms with Gasteiger partial charge in [0.25, 0.3) is 5.91 Å². The van der Waals surface area contributed by atoms with Gasteiger partial charge in [0.2, 0.25) is 0 Å². The van der Waals surface area contributed by atoms with Crippen LogP contribution in [0, 0.1) is 0 Å². The van der Waals surface area contributed by atoms with Crippen molar-refractivity contribution in [2.45, 2.75) is 24.7 Å². The molecule has 0 aliphatic heterocycles. The summed E-state index contributed by atoms with van der Waals surface area (Å²) in [6.07, 6.45) is -4.74. The standard InChI is InChI=1S/C18H12Cl2F3N3O2S/c19-12-14-11(29-15(12)20)6-10(24-14)16(27)25-9-5-7-3-1-2-4-8(7)13(9)26-17(28)18(21,22)23/h1-4,6,9,13,24H,5H2,(H,25,27)(H,26,28)/t9-,13-/m1/s1. The monoisotopic (exact) mass is 461 g/mol. The van der Waals surface area contributed by atoms with Crippen LogP contribution in [0.3, 0.4) is 0 Å². The van der Waals surface area contributed by atoms with Crippen molar-refractivity contribution in [3.63, 3.8) is 0 Å². The number of H-pyrrole nitrogens is 1. The summed E-state index contributed by atoms with van der Waals surface area (Å²) in [7, 11) is 0. The normalized spacial score (nSPS) is 18.7. The summed E-state index contributed by atoms with van der Waals surface area (Å²) in [5.41, 5.74) is 2.01. The van der Waals surface area contributed by atoms with E-state index >= 15 is 0 Å². The molecule has 0 spiro atoms. The van der Waals surface area contributed by atoms with Crippen LogP contribution in [0.4, 0.5) is 13.2 Å². The first-order chi connectivity index (χ1) is 13.6. The van der Waals surface area contributed by atoms with Crippen LogP contribution in [0.2, 0.25) is 9.36 Å². The van der Waals surface area contributed by atoms with Crippen LogP contribution in [0.25, 0.3) is 10.2 Å². The van der Waals surface area contributed by atoms with E-state index in [-0.39, 0.29) is 12.1 Å². The summed E-state index contributed by atoms with van der Waals surface area (Å²) in [4.78, 5) is 27.1. The van der Waals surface area contributed by atoms with Crippen LogP contribution in [0.15, 0.2) is 30.3 Å². The Balaban J connectivity index is 1.58. The van der Waals surface area contributed by atoms with Crippen molar-refractivity contribution < 1.29 is 22.8 Å². The van der Waals surface area contributed by atoms with Gasteiger partial charge in [-0.15, -0.1) is 11.3 Å². The smallest absolute Gasteiger partial charge is 0.349 e. The van der Waals surface area contributed by atoms with E-state index in [2.05, 4.69) is 10.3 Å². The Hall–Kier alpha value is -2.23. The number of amides is 2. The maximum atomic E-state index is 12.8. The van der Waals surface area contributed by atoms with Gasteiger partial charge >= 0.3 is 12.1 Å². The average Bonchev–Trinajstić information content (AvgIpc) is 3.29. The fourth-order valence-corrected chi connectivity index (χ4v) is 4.90. The lowest BCUT2D eigenvalue weighted by Gasteiger charge is -2.23. The molecule has 2 aromatic heterocycles. The lowest BCUT2D eigenvalue weighted by atomic mass is 10.1. The Bertz CT molecular complexity index is 1130. The largest absolute Gasteiger partial charge is 0.471 e. The second-order valence-corrected chi connectivity index (χ2v) is 8.58. The number of carbonyl (C=O) groups is 2. The Labute approximate surface area is 176 Å². The molecule has 1 aromatic carbocycles. The van der Waals surface area contributed by atoms with Crippen molar-refractivity contribution in [2.24, 2.45) is 0 Å². The second kappa shape index (κ2) is 7.23. The van der Waals surface area contributed by atoms with Crippen molar-refractivity contribution in [2.75, 3.05) is 0 Å². The van der Waals surface area contributed by atoms with Crippen LogP contribution in [0.1, 0.15) is 27.7 Å². The number of thiophene rings is 1. The number of fused-ring (bicyclic) bond motifs is 2. The number of halogens is 5. The van der Waals surface area contributed by atoms with Gasteiger partial charge in [0.1, 0.15) is 10.0 Å². The predicted molar refractivity (Wildman–Crippen MR) is 105 cm³/mol. The van der Waals surface area contributed by atoms with Gasteiger partial charge in [0.05, 0.1) is 27.3 Å². The molecular formula is C18H12Cl2F3N3O2S. The third-order valence-corrected chi connectivity index (χ3v) is 6.64. The van der Waals surface area contributed by atoms with E-state index in [1.807, 2.05) is 5.32 Å². The molecule has 4 rings (SSSR count). The molecule has 3 aromatic rings. The summed E-state index contributed by atoms with van der Waals surface area (Å²) in [5.74, 6) is -2.58. The van der Waals surface area contributed by atoms with Crippen molar-refractivity contribution in [1.82, 2.24) is 15.6 Å². The van der Waals surface area contributed by atoms with E-state index < -0.39 is 30.1 Å².